The van der Waals surface area contributed by atoms with Gasteiger partial charge in [-0.1, -0.05) is 55.5 Å². The van der Waals surface area contributed by atoms with Crippen molar-refractivity contribution in [1.82, 2.24) is 0 Å². The van der Waals surface area contributed by atoms with Crippen LogP contribution in [-0.4, -0.2) is 54.3 Å². The molecule has 1 aliphatic rings. The maximum absolute atomic E-state index is 8.63. The molecule has 6 nitrogen and oxygen atoms in total. The van der Waals surface area contributed by atoms with Crippen molar-refractivity contribution in [3.8, 4) is 5.75 Å². The zero-order valence-corrected chi connectivity index (χ0v) is 19.4. The molecule has 2 aromatic carbocycles. The Morgan fingerprint density at radius 3 is 2.23 bits per heavy atom. The van der Waals surface area contributed by atoms with Gasteiger partial charge in [-0.25, -0.2) is 8.42 Å². The van der Waals surface area contributed by atoms with Gasteiger partial charge in [-0.3, -0.25) is 4.55 Å². The van der Waals surface area contributed by atoms with Crippen LogP contribution in [0.1, 0.15) is 50.7 Å². The van der Waals surface area contributed by atoms with E-state index < -0.39 is 10.4 Å². The SMILES string of the molecule is CCC[N+]1(C(C)COc2ccccc2Cc2ccccc2)CCCCC1.O=S(=O)([O-])O. The monoisotopic (exact) mass is 449 g/mol. The summed E-state index contributed by atoms with van der Waals surface area (Å²) in [6.07, 6.45) is 6.33. The average Bonchev–Trinajstić information content (AvgIpc) is 2.73. The Bertz CT molecular complexity index is 866. The number of likely N-dealkylation sites (tertiary alicyclic amines) is 1. The second-order valence-electron chi connectivity index (χ2n) is 8.31. The zero-order valence-electron chi connectivity index (χ0n) is 18.6. The second-order valence-corrected chi connectivity index (χ2v) is 9.16. The lowest BCUT2D eigenvalue weighted by Crippen LogP contribution is -2.59. The highest BCUT2D eigenvalue weighted by molar-refractivity contribution is 7.79. The van der Waals surface area contributed by atoms with Crippen molar-refractivity contribution in [2.45, 2.75) is 52.0 Å². The van der Waals surface area contributed by atoms with E-state index in [9.17, 15) is 0 Å². The lowest BCUT2D eigenvalue weighted by Gasteiger charge is -2.46. The Kier molecular flexibility index (Phi) is 9.96. The van der Waals surface area contributed by atoms with Crippen LogP contribution in [0.4, 0.5) is 0 Å². The molecule has 0 bridgehead atoms. The maximum Gasteiger partial charge on any atom is 0.215 e. The minimum absolute atomic E-state index is 0.556. The van der Waals surface area contributed by atoms with E-state index in [4.69, 9.17) is 22.3 Å². The number of hydrogen-bond acceptors (Lipinski definition) is 4. The Morgan fingerprint density at radius 1 is 1.03 bits per heavy atom. The number of rotatable bonds is 8. The van der Waals surface area contributed by atoms with Crippen molar-refractivity contribution in [2.24, 2.45) is 0 Å². The number of quaternary nitrogens is 1. The highest BCUT2D eigenvalue weighted by Gasteiger charge is 2.35. The molecule has 3 rings (SSSR count). The first-order chi connectivity index (χ1) is 14.7. The minimum Gasteiger partial charge on any atom is -0.726 e. The number of piperidine rings is 1. The van der Waals surface area contributed by atoms with Crippen molar-refractivity contribution >= 4 is 10.4 Å². The molecule has 1 atom stereocenters. The summed E-state index contributed by atoms with van der Waals surface area (Å²) in [6.45, 7) is 9.45. The smallest absolute Gasteiger partial charge is 0.215 e. The van der Waals surface area contributed by atoms with Crippen LogP contribution in [-0.2, 0) is 16.8 Å². The Balaban J connectivity index is 0.000000614. The number of benzene rings is 2. The largest absolute Gasteiger partial charge is 0.726 e. The molecule has 172 valence electrons. The third-order valence-electron chi connectivity index (χ3n) is 6.00. The van der Waals surface area contributed by atoms with E-state index >= 15 is 0 Å². The van der Waals surface area contributed by atoms with Gasteiger partial charge in [-0.2, -0.15) is 0 Å². The van der Waals surface area contributed by atoms with Crippen LogP contribution >= 0.6 is 0 Å². The molecular weight excluding hydrogens is 414 g/mol. The van der Waals surface area contributed by atoms with Crippen LogP contribution in [0.5, 0.6) is 5.75 Å². The van der Waals surface area contributed by atoms with E-state index in [2.05, 4.69) is 68.4 Å². The summed E-state index contributed by atoms with van der Waals surface area (Å²) in [6, 6.07) is 19.8. The molecule has 1 N–H and O–H groups in total. The molecule has 1 unspecified atom stereocenters. The van der Waals surface area contributed by atoms with Gasteiger partial charge in [0.15, 0.2) is 0 Å². The van der Waals surface area contributed by atoms with E-state index in [1.165, 1.54) is 60.9 Å². The summed E-state index contributed by atoms with van der Waals surface area (Å²) in [4.78, 5) is 0. The number of nitrogens with zero attached hydrogens (tertiary/aromatic N) is 1. The van der Waals surface area contributed by atoms with E-state index in [0.29, 0.717) is 6.04 Å². The molecule has 1 fully saturated rings. The third-order valence-corrected chi connectivity index (χ3v) is 6.00. The molecule has 1 aliphatic heterocycles. The van der Waals surface area contributed by atoms with Crippen LogP contribution in [0.15, 0.2) is 54.6 Å². The molecule has 0 radical (unpaired) electrons. The first kappa shape index (κ1) is 25.3. The molecule has 31 heavy (non-hydrogen) atoms. The molecule has 0 aromatic heterocycles. The second kappa shape index (κ2) is 12.2. The lowest BCUT2D eigenvalue weighted by molar-refractivity contribution is -0.953. The summed E-state index contributed by atoms with van der Waals surface area (Å²) in [5, 5.41) is 0. The van der Waals surface area contributed by atoms with Crippen molar-refractivity contribution in [2.75, 3.05) is 26.2 Å². The maximum atomic E-state index is 8.63. The summed E-state index contributed by atoms with van der Waals surface area (Å²) in [7, 11) is -4.92. The fraction of sp³-hybridized carbons (Fsp3) is 0.500. The first-order valence-electron chi connectivity index (χ1n) is 11.0. The molecule has 0 spiro atoms. The van der Waals surface area contributed by atoms with E-state index in [-0.39, 0.29) is 0 Å². The first-order valence-corrected chi connectivity index (χ1v) is 12.4. The van der Waals surface area contributed by atoms with Gasteiger partial charge >= 0.3 is 0 Å². The minimum atomic E-state index is -4.92. The Hall–Kier alpha value is -1.93. The number of para-hydroxylation sites is 1. The normalized spacial score (nSPS) is 16.6. The molecule has 0 saturated carbocycles. The molecule has 1 saturated heterocycles. The molecular formula is C24H35NO5S. The third kappa shape index (κ3) is 8.99. The van der Waals surface area contributed by atoms with Crippen molar-refractivity contribution in [3.63, 3.8) is 0 Å². The highest BCUT2D eigenvalue weighted by atomic mass is 32.3. The predicted molar refractivity (Wildman–Crippen MR) is 122 cm³/mol. The van der Waals surface area contributed by atoms with Gasteiger partial charge in [0.1, 0.15) is 18.4 Å². The highest BCUT2D eigenvalue weighted by Crippen LogP contribution is 2.26. The lowest BCUT2D eigenvalue weighted by atomic mass is 10.0. The fourth-order valence-corrected chi connectivity index (χ4v) is 4.45. The van der Waals surface area contributed by atoms with Gasteiger partial charge < -0.3 is 13.8 Å². The molecule has 2 aromatic rings. The van der Waals surface area contributed by atoms with Gasteiger partial charge in [0.2, 0.25) is 10.4 Å². The molecule has 0 aliphatic carbocycles. The quantitative estimate of drug-likeness (QED) is 0.365. The van der Waals surface area contributed by atoms with Gasteiger partial charge in [0.05, 0.1) is 19.6 Å². The van der Waals surface area contributed by atoms with Gasteiger partial charge in [-0.05, 0) is 49.8 Å². The van der Waals surface area contributed by atoms with Crippen LogP contribution in [0, 0.1) is 0 Å². The van der Waals surface area contributed by atoms with Crippen LogP contribution in [0.3, 0.4) is 0 Å². The van der Waals surface area contributed by atoms with Crippen LogP contribution in [0.2, 0.25) is 0 Å². The molecule has 7 heteroatoms. The summed E-state index contributed by atoms with van der Waals surface area (Å²) >= 11 is 0. The van der Waals surface area contributed by atoms with Crippen LogP contribution < -0.4 is 4.74 Å². The molecule has 0 amide bonds. The molecule has 1 heterocycles. The fourth-order valence-electron chi connectivity index (χ4n) is 4.45. The van der Waals surface area contributed by atoms with Gasteiger partial charge in [0, 0.05) is 6.42 Å². The van der Waals surface area contributed by atoms with Gasteiger partial charge in [-0.15, -0.1) is 0 Å². The summed E-state index contributed by atoms with van der Waals surface area (Å²) in [5.41, 5.74) is 2.62. The van der Waals surface area contributed by atoms with Gasteiger partial charge in [0.25, 0.3) is 0 Å². The topological polar surface area (TPSA) is 86.7 Å². The summed E-state index contributed by atoms with van der Waals surface area (Å²) in [5.74, 6) is 1.05. The van der Waals surface area contributed by atoms with Crippen molar-refractivity contribution < 1.29 is 26.7 Å². The van der Waals surface area contributed by atoms with Crippen LogP contribution in [0.25, 0.3) is 0 Å². The standard InChI is InChI=1S/C24H34NO.H2O4S/c1-3-16-25(17-10-5-11-18-25)21(2)20-26-24-15-9-8-14-23(24)19-22-12-6-4-7-13-22;1-5(2,3)4/h4,6-9,12-15,21H,3,5,10-11,16-20H2,1-2H3;(H2,1,2,3,4)/q+1;/p-1. The van der Waals surface area contributed by atoms with Crippen molar-refractivity contribution in [3.05, 3.63) is 65.7 Å². The predicted octanol–water partition coefficient (Wildman–Crippen LogP) is 4.46. The Labute approximate surface area is 187 Å². The number of ether oxygens (including phenoxy) is 1. The van der Waals surface area contributed by atoms with E-state index in [1.54, 1.807) is 0 Å². The summed E-state index contributed by atoms with van der Waals surface area (Å²) < 4.78 is 40.5. The Morgan fingerprint density at radius 2 is 1.61 bits per heavy atom. The van der Waals surface area contributed by atoms with E-state index in [1.807, 2.05) is 0 Å². The average molecular weight is 450 g/mol. The van der Waals surface area contributed by atoms with E-state index in [0.717, 1.165) is 18.8 Å². The zero-order chi connectivity index (χ0) is 22.7. The number of hydrogen-bond donors (Lipinski definition) is 1. The van der Waals surface area contributed by atoms with Crippen molar-refractivity contribution in [1.29, 1.82) is 0 Å².